The second kappa shape index (κ2) is 7.86. The molecule has 5 nitrogen and oxygen atoms in total. The molecular weight excluding hydrogens is 346 g/mol. The van der Waals surface area contributed by atoms with Gasteiger partial charge in [-0.05, 0) is 37.5 Å². The van der Waals surface area contributed by atoms with Gasteiger partial charge in [0.25, 0.3) is 10.2 Å². The third kappa shape index (κ3) is 4.31. The zero-order valence-electron chi connectivity index (χ0n) is 15.7. The predicted octanol–water partition coefficient (Wildman–Crippen LogP) is 2.97. The smallest absolute Gasteiger partial charge is 0.257 e. The van der Waals surface area contributed by atoms with Gasteiger partial charge in [-0.2, -0.15) is 17.0 Å². The zero-order valence-corrected chi connectivity index (χ0v) is 16.5. The molecule has 0 aliphatic carbocycles. The number of nitrogens with zero attached hydrogens (tertiary/aromatic N) is 3. The van der Waals surface area contributed by atoms with Gasteiger partial charge in [0.15, 0.2) is 0 Å². The van der Waals surface area contributed by atoms with Crippen molar-refractivity contribution in [3.05, 3.63) is 65.0 Å². The molecule has 0 spiro atoms. The Morgan fingerprint density at radius 2 is 1.96 bits per heavy atom. The Labute approximate surface area is 156 Å². The number of hydrogen-bond acceptors (Lipinski definition) is 3. The summed E-state index contributed by atoms with van der Waals surface area (Å²) < 4.78 is 27.7. The van der Waals surface area contributed by atoms with Crippen LogP contribution < -0.4 is 0 Å². The van der Waals surface area contributed by atoms with E-state index in [0.717, 1.165) is 30.7 Å². The van der Waals surface area contributed by atoms with E-state index in [2.05, 4.69) is 31.2 Å². The summed E-state index contributed by atoms with van der Waals surface area (Å²) in [6, 6.07) is 14.6. The Balaban J connectivity index is 1.77. The van der Waals surface area contributed by atoms with Gasteiger partial charge in [-0.1, -0.05) is 35.9 Å². The SMILES string of the molecule is Cc1cccc(Cc2cccc([C@@H]3CCCN(S(=O)(=O)N(C)C)C3)n2)c1. The van der Waals surface area contributed by atoms with Gasteiger partial charge in [-0.15, -0.1) is 0 Å². The molecule has 2 aromatic rings. The van der Waals surface area contributed by atoms with E-state index < -0.39 is 10.2 Å². The third-order valence-corrected chi connectivity index (χ3v) is 6.79. The van der Waals surface area contributed by atoms with Gasteiger partial charge in [0, 0.05) is 50.9 Å². The van der Waals surface area contributed by atoms with Gasteiger partial charge in [0.1, 0.15) is 0 Å². The summed E-state index contributed by atoms with van der Waals surface area (Å²) in [5.74, 6) is 0.149. The van der Waals surface area contributed by atoms with Crippen molar-refractivity contribution in [3.63, 3.8) is 0 Å². The highest BCUT2D eigenvalue weighted by atomic mass is 32.2. The van der Waals surface area contributed by atoms with Crippen molar-refractivity contribution in [1.82, 2.24) is 13.6 Å². The molecule has 26 heavy (non-hydrogen) atoms. The fourth-order valence-corrected chi connectivity index (χ4v) is 4.67. The van der Waals surface area contributed by atoms with Crippen molar-refractivity contribution in [3.8, 4) is 0 Å². The molecule has 6 heteroatoms. The van der Waals surface area contributed by atoms with Crippen LogP contribution in [0.4, 0.5) is 0 Å². The van der Waals surface area contributed by atoms with Crippen LogP contribution in [0.15, 0.2) is 42.5 Å². The largest absolute Gasteiger partial charge is 0.281 e. The van der Waals surface area contributed by atoms with E-state index in [1.807, 2.05) is 18.2 Å². The second-order valence-electron chi connectivity index (χ2n) is 7.21. The molecule has 1 saturated heterocycles. The first-order chi connectivity index (χ1) is 12.4. The summed E-state index contributed by atoms with van der Waals surface area (Å²) in [7, 11) is -0.199. The molecule has 0 unspecified atom stereocenters. The fraction of sp³-hybridized carbons (Fsp3) is 0.450. The van der Waals surface area contributed by atoms with E-state index in [0.29, 0.717) is 13.1 Å². The number of aromatic nitrogens is 1. The van der Waals surface area contributed by atoms with Crippen LogP contribution in [0.25, 0.3) is 0 Å². The first-order valence-electron chi connectivity index (χ1n) is 9.05. The third-order valence-electron chi connectivity index (χ3n) is 4.89. The van der Waals surface area contributed by atoms with Crippen LogP contribution in [0, 0.1) is 6.92 Å². The minimum absolute atomic E-state index is 0.149. The van der Waals surface area contributed by atoms with E-state index in [4.69, 9.17) is 4.98 Å². The lowest BCUT2D eigenvalue weighted by Gasteiger charge is -2.33. The van der Waals surface area contributed by atoms with Crippen molar-refractivity contribution < 1.29 is 8.42 Å². The average molecular weight is 374 g/mol. The summed E-state index contributed by atoms with van der Waals surface area (Å²) in [5, 5.41) is 0. The van der Waals surface area contributed by atoms with Crippen LogP contribution >= 0.6 is 0 Å². The maximum atomic E-state index is 12.4. The van der Waals surface area contributed by atoms with Gasteiger partial charge < -0.3 is 0 Å². The van der Waals surface area contributed by atoms with Crippen LogP contribution in [0.2, 0.25) is 0 Å². The van der Waals surface area contributed by atoms with E-state index in [1.165, 1.54) is 15.4 Å². The molecule has 1 atom stereocenters. The molecule has 0 bridgehead atoms. The van der Waals surface area contributed by atoms with Crippen molar-refractivity contribution in [2.45, 2.75) is 32.1 Å². The molecule has 0 amide bonds. The normalized spacial score (nSPS) is 19.0. The first kappa shape index (κ1) is 19.0. The van der Waals surface area contributed by atoms with Gasteiger partial charge in [0.05, 0.1) is 0 Å². The van der Waals surface area contributed by atoms with E-state index in [-0.39, 0.29) is 5.92 Å². The number of hydrogen-bond donors (Lipinski definition) is 0. The lowest BCUT2D eigenvalue weighted by Crippen LogP contribution is -2.45. The molecule has 1 aromatic heterocycles. The Bertz CT molecular complexity index is 865. The first-order valence-corrected chi connectivity index (χ1v) is 10.4. The van der Waals surface area contributed by atoms with Crippen molar-refractivity contribution in [2.24, 2.45) is 0 Å². The highest BCUT2D eigenvalue weighted by Crippen LogP contribution is 2.28. The topological polar surface area (TPSA) is 53.5 Å². The molecule has 3 rings (SSSR count). The monoisotopic (exact) mass is 373 g/mol. The zero-order chi connectivity index (χ0) is 18.7. The summed E-state index contributed by atoms with van der Waals surface area (Å²) in [4.78, 5) is 4.85. The number of aryl methyl sites for hydroxylation is 1. The van der Waals surface area contributed by atoms with Crippen molar-refractivity contribution >= 4 is 10.2 Å². The van der Waals surface area contributed by atoms with Crippen LogP contribution in [-0.2, 0) is 16.6 Å². The number of rotatable bonds is 5. The van der Waals surface area contributed by atoms with E-state index in [9.17, 15) is 8.42 Å². The fourth-order valence-electron chi connectivity index (χ4n) is 3.48. The highest BCUT2D eigenvalue weighted by Gasteiger charge is 2.31. The van der Waals surface area contributed by atoms with Gasteiger partial charge >= 0.3 is 0 Å². The molecule has 140 valence electrons. The molecule has 0 N–H and O–H groups in total. The van der Waals surface area contributed by atoms with E-state index >= 15 is 0 Å². The molecule has 0 radical (unpaired) electrons. The highest BCUT2D eigenvalue weighted by molar-refractivity contribution is 7.86. The Kier molecular flexibility index (Phi) is 5.75. The van der Waals surface area contributed by atoms with Gasteiger partial charge in [-0.3, -0.25) is 4.98 Å². The maximum absolute atomic E-state index is 12.4. The van der Waals surface area contributed by atoms with E-state index in [1.54, 1.807) is 18.4 Å². The second-order valence-corrected chi connectivity index (χ2v) is 9.35. The van der Waals surface area contributed by atoms with Crippen molar-refractivity contribution in [1.29, 1.82) is 0 Å². The molecule has 1 aliphatic heterocycles. The standard InChI is InChI=1S/C20H27N3O2S/c1-16-7-4-8-17(13-16)14-19-10-5-11-20(21-19)18-9-6-12-23(15-18)26(24,25)22(2)3/h4-5,7-8,10-11,13,18H,6,9,12,14-15H2,1-3H3/t18-/m1/s1. The lowest BCUT2D eigenvalue weighted by atomic mass is 9.95. The summed E-state index contributed by atoms with van der Waals surface area (Å²) in [6.07, 6.45) is 2.63. The van der Waals surface area contributed by atoms with Crippen LogP contribution in [0.5, 0.6) is 0 Å². The maximum Gasteiger partial charge on any atom is 0.281 e. The Morgan fingerprint density at radius 1 is 1.19 bits per heavy atom. The molecule has 2 heterocycles. The number of pyridine rings is 1. The summed E-state index contributed by atoms with van der Waals surface area (Å²) in [6.45, 7) is 3.18. The number of benzene rings is 1. The Morgan fingerprint density at radius 3 is 2.69 bits per heavy atom. The summed E-state index contributed by atoms with van der Waals surface area (Å²) in [5.41, 5.74) is 4.51. The molecule has 0 saturated carbocycles. The average Bonchev–Trinajstić information content (AvgIpc) is 2.62. The summed E-state index contributed by atoms with van der Waals surface area (Å²) >= 11 is 0. The molecule has 1 fully saturated rings. The van der Waals surface area contributed by atoms with Crippen molar-refractivity contribution in [2.75, 3.05) is 27.2 Å². The Hall–Kier alpha value is -1.76. The molecule has 1 aromatic carbocycles. The van der Waals surface area contributed by atoms with Gasteiger partial charge in [0.2, 0.25) is 0 Å². The van der Waals surface area contributed by atoms with Gasteiger partial charge in [-0.25, -0.2) is 0 Å². The minimum atomic E-state index is -3.37. The van der Waals surface area contributed by atoms with Crippen LogP contribution in [0.1, 0.15) is 41.3 Å². The minimum Gasteiger partial charge on any atom is -0.257 e. The quantitative estimate of drug-likeness (QED) is 0.810. The lowest BCUT2D eigenvalue weighted by molar-refractivity contribution is 0.296. The van der Waals surface area contributed by atoms with Crippen LogP contribution in [-0.4, -0.2) is 49.2 Å². The molecular formula is C20H27N3O2S. The predicted molar refractivity (Wildman–Crippen MR) is 104 cm³/mol. The number of piperidine rings is 1. The molecule has 1 aliphatic rings. The van der Waals surface area contributed by atoms with Crippen LogP contribution in [0.3, 0.4) is 0 Å².